The van der Waals surface area contributed by atoms with Gasteiger partial charge in [-0.05, 0) is 0 Å². The van der Waals surface area contributed by atoms with Crippen molar-refractivity contribution in [3.63, 3.8) is 0 Å². The first-order valence-electron chi connectivity index (χ1n) is 2.57. The summed E-state index contributed by atoms with van der Waals surface area (Å²) in [7, 11) is 0. The van der Waals surface area contributed by atoms with Crippen LogP contribution >= 0.6 is 0 Å². The molecule has 0 aromatic carbocycles. The summed E-state index contributed by atoms with van der Waals surface area (Å²) in [5.41, 5.74) is 0. The summed E-state index contributed by atoms with van der Waals surface area (Å²) < 4.78 is 0. The molecule has 0 nitrogen and oxygen atoms in total. The molecule has 0 unspecified atom stereocenters. The molecule has 0 aliphatic rings. The first kappa shape index (κ1) is 15.7. The SMILES string of the molecule is CCC.C[CH-]C.[Y]. The van der Waals surface area contributed by atoms with Crippen molar-refractivity contribution in [2.75, 3.05) is 0 Å². The summed E-state index contributed by atoms with van der Waals surface area (Å²) in [6.45, 7) is 8.25. The van der Waals surface area contributed by atoms with Crippen LogP contribution in [0, 0.1) is 6.42 Å². The van der Waals surface area contributed by atoms with Gasteiger partial charge < -0.3 is 6.42 Å². The third-order valence-corrected chi connectivity index (χ3v) is 0. The average Bonchev–Trinajstić information content (AvgIpc) is 1.39. The molecule has 1 radical (unpaired) electrons. The Hall–Kier alpha value is 1.10. The zero-order valence-electron chi connectivity index (χ0n) is 5.86. The second kappa shape index (κ2) is 27.5. The molecule has 0 bridgehead atoms. The first-order chi connectivity index (χ1) is 2.83. The van der Waals surface area contributed by atoms with Crippen LogP contribution in [-0.4, -0.2) is 0 Å². The molecule has 7 heavy (non-hydrogen) atoms. The topological polar surface area (TPSA) is 0 Å². The maximum atomic E-state index is 2.12. The van der Waals surface area contributed by atoms with Crippen molar-refractivity contribution in [3.05, 3.63) is 6.42 Å². The Morgan fingerprint density at radius 2 is 1.14 bits per heavy atom. The van der Waals surface area contributed by atoms with E-state index in [1.165, 1.54) is 6.42 Å². The van der Waals surface area contributed by atoms with Crippen LogP contribution in [0.15, 0.2) is 0 Å². The van der Waals surface area contributed by atoms with Gasteiger partial charge in [-0.3, -0.25) is 0 Å². The molecule has 1 heteroatoms. The number of hydrogen-bond acceptors (Lipinski definition) is 0. The van der Waals surface area contributed by atoms with E-state index in [2.05, 4.69) is 13.8 Å². The zero-order chi connectivity index (χ0) is 5.41. The van der Waals surface area contributed by atoms with Crippen LogP contribution in [0.3, 0.4) is 0 Å². The summed E-state index contributed by atoms with van der Waals surface area (Å²) in [5.74, 6) is 0. The van der Waals surface area contributed by atoms with Gasteiger partial charge in [-0.2, -0.15) is 13.8 Å². The molecule has 0 aromatic rings. The molecular formula is C6H15Y-. The minimum absolute atomic E-state index is 0. The van der Waals surface area contributed by atoms with E-state index in [1.807, 2.05) is 20.3 Å². The van der Waals surface area contributed by atoms with E-state index in [1.54, 1.807) is 0 Å². The fourth-order valence-electron chi connectivity index (χ4n) is 0. The van der Waals surface area contributed by atoms with E-state index >= 15 is 0 Å². The van der Waals surface area contributed by atoms with Gasteiger partial charge >= 0.3 is 0 Å². The molecule has 0 rings (SSSR count). The quantitative estimate of drug-likeness (QED) is 0.497. The van der Waals surface area contributed by atoms with Crippen LogP contribution in [0.1, 0.15) is 34.1 Å². The van der Waals surface area contributed by atoms with Crippen LogP contribution in [0.25, 0.3) is 0 Å². The van der Waals surface area contributed by atoms with Gasteiger partial charge in [-0.15, -0.1) is 0 Å². The third-order valence-electron chi connectivity index (χ3n) is 0. The van der Waals surface area contributed by atoms with Crippen molar-refractivity contribution in [2.45, 2.75) is 34.1 Å². The first-order valence-corrected chi connectivity index (χ1v) is 2.57. The molecule has 0 heterocycles. The summed E-state index contributed by atoms with van der Waals surface area (Å²) in [4.78, 5) is 0. The number of rotatable bonds is 0. The Kier molecular flexibility index (Phi) is 61.6. The van der Waals surface area contributed by atoms with Crippen molar-refractivity contribution in [1.82, 2.24) is 0 Å². The van der Waals surface area contributed by atoms with Crippen molar-refractivity contribution in [1.29, 1.82) is 0 Å². The average molecular weight is 176 g/mol. The second-order valence-corrected chi connectivity index (χ2v) is 1.28. The van der Waals surface area contributed by atoms with E-state index in [4.69, 9.17) is 0 Å². The monoisotopic (exact) mass is 176 g/mol. The van der Waals surface area contributed by atoms with E-state index in [0.29, 0.717) is 0 Å². The van der Waals surface area contributed by atoms with Gasteiger partial charge in [0.05, 0.1) is 0 Å². The minimum Gasteiger partial charge on any atom is -0.335 e. The van der Waals surface area contributed by atoms with Gasteiger partial charge in [-0.1, -0.05) is 20.3 Å². The molecule has 0 amide bonds. The van der Waals surface area contributed by atoms with Gasteiger partial charge in [0.15, 0.2) is 0 Å². The van der Waals surface area contributed by atoms with Crippen molar-refractivity contribution >= 4 is 0 Å². The van der Waals surface area contributed by atoms with Gasteiger partial charge in [0, 0.05) is 32.7 Å². The summed E-state index contributed by atoms with van der Waals surface area (Å²) in [6, 6.07) is 0. The Balaban J connectivity index is -0.0000000400. The molecule has 0 saturated heterocycles. The van der Waals surface area contributed by atoms with E-state index in [-0.39, 0.29) is 32.7 Å². The molecule has 43 valence electrons. The minimum atomic E-state index is 0. The summed E-state index contributed by atoms with van der Waals surface area (Å²) >= 11 is 0. The Labute approximate surface area is 73.0 Å². The van der Waals surface area contributed by atoms with Crippen LogP contribution in [0.5, 0.6) is 0 Å². The van der Waals surface area contributed by atoms with Crippen LogP contribution in [0.2, 0.25) is 0 Å². The predicted molar refractivity (Wildman–Crippen MR) is 31.6 cm³/mol. The van der Waals surface area contributed by atoms with Crippen molar-refractivity contribution < 1.29 is 32.7 Å². The molecule has 0 saturated carbocycles. The molecule has 0 aliphatic heterocycles. The normalized spacial score (nSPS) is 5.14. The Morgan fingerprint density at radius 1 is 1.14 bits per heavy atom. The van der Waals surface area contributed by atoms with Crippen molar-refractivity contribution in [2.24, 2.45) is 0 Å². The van der Waals surface area contributed by atoms with E-state index in [9.17, 15) is 0 Å². The van der Waals surface area contributed by atoms with Gasteiger partial charge in [0.2, 0.25) is 0 Å². The van der Waals surface area contributed by atoms with Gasteiger partial charge in [-0.25, -0.2) is 0 Å². The second-order valence-electron chi connectivity index (χ2n) is 1.28. The summed E-state index contributed by atoms with van der Waals surface area (Å²) in [6.07, 6.45) is 3.25. The maximum Gasteiger partial charge on any atom is 0 e. The van der Waals surface area contributed by atoms with Crippen molar-refractivity contribution in [3.8, 4) is 0 Å². The molecule has 0 aliphatic carbocycles. The van der Waals surface area contributed by atoms with Crippen LogP contribution < -0.4 is 0 Å². The van der Waals surface area contributed by atoms with E-state index < -0.39 is 0 Å². The predicted octanol–water partition coefficient (Wildman–Crippen LogP) is 2.64. The third kappa shape index (κ3) is 152. The van der Waals surface area contributed by atoms with E-state index in [0.717, 1.165) is 0 Å². The van der Waals surface area contributed by atoms with Gasteiger partial charge in [0.1, 0.15) is 0 Å². The molecule has 0 aromatic heterocycles. The molecule has 0 fully saturated rings. The largest absolute Gasteiger partial charge is 0.335 e. The number of hydrogen-bond donors (Lipinski definition) is 0. The fraction of sp³-hybridized carbons (Fsp3) is 0.833. The zero-order valence-corrected chi connectivity index (χ0v) is 8.70. The smallest absolute Gasteiger partial charge is 0 e. The summed E-state index contributed by atoms with van der Waals surface area (Å²) in [5, 5.41) is 0. The molecular weight excluding hydrogens is 161 g/mol. The molecule has 0 N–H and O–H groups in total. The van der Waals surface area contributed by atoms with Gasteiger partial charge in [0.25, 0.3) is 0 Å². The van der Waals surface area contributed by atoms with Crippen LogP contribution in [-0.2, 0) is 32.7 Å². The fourth-order valence-corrected chi connectivity index (χ4v) is 0. The maximum absolute atomic E-state index is 2.12. The molecule has 0 atom stereocenters. The Morgan fingerprint density at radius 3 is 1.14 bits per heavy atom. The standard InChI is InChI=1S/C3H8.C3H7.Y/c2*1-3-2;/h3H2,1-2H3;3H,1-2H3;/q;-1;. The Bertz CT molecular complexity index is 6.14. The molecule has 0 spiro atoms. The van der Waals surface area contributed by atoms with Crippen LogP contribution in [0.4, 0.5) is 0 Å².